The van der Waals surface area contributed by atoms with Crippen molar-refractivity contribution in [3.05, 3.63) is 76.4 Å². The van der Waals surface area contributed by atoms with Gasteiger partial charge in [-0.2, -0.15) is 0 Å². The smallest absolute Gasteiger partial charge is 0.0919 e. The average Bonchev–Trinajstić information content (AvgIpc) is 2.47. The quantitative estimate of drug-likeness (QED) is 0.763. The highest BCUT2D eigenvalue weighted by Gasteiger charge is 2.26. The van der Waals surface area contributed by atoms with Crippen molar-refractivity contribution in [3.8, 4) is 0 Å². The molecule has 3 rings (SSSR count). The lowest BCUT2D eigenvalue weighted by atomic mass is 9.88. The van der Waals surface area contributed by atoms with E-state index in [1.807, 2.05) is 61.5 Å². The Balaban J connectivity index is 2.04. The van der Waals surface area contributed by atoms with Crippen LogP contribution in [0.2, 0.25) is 0 Å². The summed E-state index contributed by atoms with van der Waals surface area (Å²) in [4.78, 5) is 4.37. The lowest BCUT2D eigenvalue weighted by molar-refractivity contribution is 0.0572. The molecule has 0 saturated heterocycles. The van der Waals surface area contributed by atoms with E-state index < -0.39 is 5.60 Å². The number of hydrogen-bond acceptors (Lipinski definition) is 2. The van der Waals surface area contributed by atoms with E-state index in [2.05, 4.69) is 20.9 Å². The zero-order valence-corrected chi connectivity index (χ0v) is 13.3. The van der Waals surface area contributed by atoms with Crippen molar-refractivity contribution in [1.82, 2.24) is 4.98 Å². The Morgan fingerprint density at radius 3 is 2.57 bits per heavy atom. The van der Waals surface area contributed by atoms with Crippen LogP contribution >= 0.6 is 15.9 Å². The van der Waals surface area contributed by atoms with Gasteiger partial charge in [-0.1, -0.05) is 52.3 Å². The summed E-state index contributed by atoms with van der Waals surface area (Å²) in [5, 5.41) is 12.0. The number of fused-ring (bicyclic) bond motifs is 1. The van der Waals surface area contributed by atoms with Crippen LogP contribution in [0, 0.1) is 0 Å². The molecule has 0 saturated carbocycles. The number of pyridine rings is 1. The summed E-state index contributed by atoms with van der Waals surface area (Å²) in [7, 11) is 0. The lowest BCUT2D eigenvalue weighted by Crippen LogP contribution is -2.25. The van der Waals surface area contributed by atoms with Gasteiger partial charge in [0.15, 0.2) is 0 Å². The predicted molar refractivity (Wildman–Crippen MR) is 89.2 cm³/mol. The second kappa shape index (κ2) is 5.58. The highest BCUT2D eigenvalue weighted by atomic mass is 79.9. The van der Waals surface area contributed by atoms with Gasteiger partial charge in [0.2, 0.25) is 0 Å². The second-order valence-corrected chi connectivity index (χ2v) is 6.27. The van der Waals surface area contributed by atoms with Gasteiger partial charge in [-0.3, -0.25) is 4.98 Å². The first kappa shape index (κ1) is 14.2. The molecule has 1 atom stereocenters. The average molecular weight is 342 g/mol. The normalized spacial score (nSPS) is 14.0. The number of halogens is 1. The molecule has 0 aliphatic carbocycles. The van der Waals surface area contributed by atoms with Crippen molar-refractivity contribution in [2.24, 2.45) is 0 Å². The monoisotopic (exact) mass is 341 g/mol. The summed E-state index contributed by atoms with van der Waals surface area (Å²) in [6.45, 7) is 1.85. The molecule has 0 amide bonds. The van der Waals surface area contributed by atoms with E-state index in [4.69, 9.17) is 0 Å². The van der Waals surface area contributed by atoms with E-state index in [1.54, 1.807) is 6.20 Å². The van der Waals surface area contributed by atoms with E-state index in [-0.39, 0.29) is 0 Å². The first-order valence-corrected chi connectivity index (χ1v) is 7.67. The molecule has 106 valence electrons. The van der Waals surface area contributed by atoms with Gasteiger partial charge < -0.3 is 5.11 Å². The number of nitrogens with zero attached hydrogens (tertiary/aromatic N) is 1. The third-order valence-electron chi connectivity index (χ3n) is 3.73. The van der Waals surface area contributed by atoms with Crippen LogP contribution in [0.25, 0.3) is 10.9 Å². The predicted octanol–water partition coefficient (Wildman–Crippen LogP) is 4.45. The molecule has 0 aliphatic rings. The SMILES string of the molecule is CC(O)(Cc1ccnc2ccccc12)c1ccccc1Br. The van der Waals surface area contributed by atoms with E-state index in [9.17, 15) is 5.11 Å². The molecule has 0 aliphatic heterocycles. The number of aliphatic hydroxyl groups is 1. The standard InChI is InChI=1S/C18H16BrNO/c1-18(21,15-7-3-4-8-16(15)19)12-13-10-11-20-17-9-5-2-6-14(13)17/h2-11,21H,12H2,1H3. The van der Waals surface area contributed by atoms with Gasteiger partial charge in [0.05, 0.1) is 11.1 Å². The molecular weight excluding hydrogens is 326 g/mol. The Morgan fingerprint density at radius 2 is 1.76 bits per heavy atom. The zero-order valence-electron chi connectivity index (χ0n) is 11.8. The number of para-hydroxylation sites is 1. The highest BCUT2D eigenvalue weighted by molar-refractivity contribution is 9.10. The Bertz CT molecular complexity index is 778. The van der Waals surface area contributed by atoms with Crippen molar-refractivity contribution in [2.45, 2.75) is 18.9 Å². The highest BCUT2D eigenvalue weighted by Crippen LogP contribution is 2.32. The van der Waals surface area contributed by atoms with E-state index in [0.29, 0.717) is 6.42 Å². The first-order valence-electron chi connectivity index (χ1n) is 6.88. The molecule has 2 aromatic carbocycles. The van der Waals surface area contributed by atoms with Gasteiger partial charge in [-0.15, -0.1) is 0 Å². The minimum absolute atomic E-state index is 0.540. The van der Waals surface area contributed by atoms with Gasteiger partial charge in [0, 0.05) is 22.5 Å². The van der Waals surface area contributed by atoms with Gasteiger partial charge >= 0.3 is 0 Å². The third-order valence-corrected chi connectivity index (χ3v) is 4.42. The summed E-state index contributed by atoms with van der Waals surface area (Å²) in [6, 6.07) is 17.8. The minimum Gasteiger partial charge on any atom is -0.385 e. The van der Waals surface area contributed by atoms with E-state index in [0.717, 1.165) is 26.5 Å². The lowest BCUT2D eigenvalue weighted by Gasteiger charge is -2.25. The number of benzene rings is 2. The minimum atomic E-state index is -0.940. The van der Waals surface area contributed by atoms with Gasteiger partial charge in [0.1, 0.15) is 0 Å². The second-order valence-electron chi connectivity index (χ2n) is 5.42. The van der Waals surface area contributed by atoms with Crippen molar-refractivity contribution in [1.29, 1.82) is 0 Å². The van der Waals surface area contributed by atoms with Crippen LogP contribution in [-0.4, -0.2) is 10.1 Å². The fourth-order valence-electron chi connectivity index (χ4n) is 2.67. The Morgan fingerprint density at radius 1 is 1.05 bits per heavy atom. The van der Waals surface area contributed by atoms with Crippen LogP contribution < -0.4 is 0 Å². The molecular formula is C18H16BrNO. The summed E-state index contributed by atoms with van der Waals surface area (Å²) in [5.74, 6) is 0. The molecule has 1 heterocycles. The third kappa shape index (κ3) is 2.85. The largest absolute Gasteiger partial charge is 0.385 e. The molecule has 1 unspecified atom stereocenters. The molecule has 2 nitrogen and oxygen atoms in total. The molecule has 21 heavy (non-hydrogen) atoms. The fraction of sp³-hybridized carbons (Fsp3) is 0.167. The van der Waals surface area contributed by atoms with Crippen molar-refractivity contribution >= 4 is 26.8 Å². The number of hydrogen-bond donors (Lipinski definition) is 1. The number of aromatic nitrogens is 1. The zero-order chi connectivity index (χ0) is 14.9. The Hall–Kier alpha value is -1.71. The van der Waals surface area contributed by atoms with Crippen LogP contribution in [0.15, 0.2) is 65.3 Å². The summed E-state index contributed by atoms with van der Waals surface area (Å²) < 4.78 is 0.924. The van der Waals surface area contributed by atoms with Crippen LogP contribution in [0.3, 0.4) is 0 Å². The van der Waals surface area contributed by atoms with Gasteiger partial charge in [-0.25, -0.2) is 0 Å². The molecule has 0 radical (unpaired) electrons. The first-order chi connectivity index (χ1) is 10.1. The number of rotatable bonds is 3. The topological polar surface area (TPSA) is 33.1 Å². The maximum atomic E-state index is 10.9. The Kier molecular flexibility index (Phi) is 3.79. The maximum Gasteiger partial charge on any atom is 0.0919 e. The van der Waals surface area contributed by atoms with Crippen LogP contribution in [0.4, 0.5) is 0 Å². The van der Waals surface area contributed by atoms with Crippen LogP contribution in [0.5, 0.6) is 0 Å². The molecule has 0 spiro atoms. The van der Waals surface area contributed by atoms with Gasteiger partial charge in [0.25, 0.3) is 0 Å². The van der Waals surface area contributed by atoms with Crippen LogP contribution in [-0.2, 0) is 12.0 Å². The van der Waals surface area contributed by atoms with Crippen molar-refractivity contribution < 1.29 is 5.11 Å². The maximum absolute atomic E-state index is 10.9. The fourth-order valence-corrected chi connectivity index (χ4v) is 3.39. The van der Waals surface area contributed by atoms with Crippen LogP contribution in [0.1, 0.15) is 18.1 Å². The van der Waals surface area contributed by atoms with Crippen molar-refractivity contribution in [2.75, 3.05) is 0 Å². The van der Waals surface area contributed by atoms with E-state index >= 15 is 0 Å². The molecule has 3 aromatic rings. The molecule has 1 N–H and O–H groups in total. The molecule has 0 fully saturated rings. The molecule has 0 bridgehead atoms. The summed E-state index contributed by atoms with van der Waals surface area (Å²) in [6.07, 6.45) is 2.34. The van der Waals surface area contributed by atoms with E-state index in [1.165, 1.54) is 0 Å². The molecule has 1 aromatic heterocycles. The summed E-state index contributed by atoms with van der Waals surface area (Å²) >= 11 is 3.52. The summed E-state index contributed by atoms with van der Waals surface area (Å²) in [5.41, 5.74) is 2.01. The Labute approximate surface area is 132 Å². The van der Waals surface area contributed by atoms with Gasteiger partial charge in [-0.05, 0) is 36.2 Å². The van der Waals surface area contributed by atoms with Crippen molar-refractivity contribution in [3.63, 3.8) is 0 Å². The molecule has 3 heteroatoms.